The minimum absolute atomic E-state index is 0.267. The number of amides is 1. The summed E-state index contributed by atoms with van der Waals surface area (Å²) in [6.45, 7) is 2.15. The van der Waals surface area contributed by atoms with E-state index in [1.807, 2.05) is 0 Å². The van der Waals surface area contributed by atoms with Crippen LogP contribution in [-0.4, -0.2) is 6.41 Å². The van der Waals surface area contributed by atoms with Crippen molar-refractivity contribution in [3.05, 3.63) is 29.6 Å². The van der Waals surface area contributed by atoms with Crippen LogP contribution in [-0.2, 0) is 11.2 Å². The van der Waals surface area contributed by atoms with E-state index in [1.165, 1.54) is 12.8 Å². The van der Waals surface area contributed by atoms with Crippen LogP contribution in [0.2, 0.25) is 0 Å². The van der Waals surface area contributed by atoms with Crippen LogP contribution in [0.1, 0.15) is 38.2 Å². The van der Waals surface area contributed by atoms with Crippen molar-refractivity contribution >= 4 is 12.1 Å². The van der Waals surface area contributed by atoms with Crippen LogP contribution in [0.4, 0.5) is 10.1 Å². The summed E-state index contributed by atoms with van der Waals surface area (Å²) in [6, 6.07) is 5.11. The van der Waals surface area contributed by atoms with Gasteiger partial charge in [0, 0.05) is 0 Å². The van der Waals surface area contributed by atoms with Gasteiger partial charge in [-0.25, -0.2) is 4.39 Å². The lowest BCUT2D eigenvalue weighted by atomic mass is 10.1. The highest BCUT2D eigenvalue weighted by molar-refractivity contribution is 5.71. The maximum absolute atomic E-state index is 13.7. The normalized spacial score (nSPS) is 10.1. The van der Waals surface area contributed by atoms with Crippen molar-refractivity contribution in [1.82, 2.24) is 0 Å². The zero-order valence-corrected chi connectivity index (χ0v) is 9.63. The first-order valence-corrected chi connectivity index (χ1v) is 5.77. The van der Waals surface area contributed by atoms with Gasteiger partial charge in [0.05, 0.1) is 5.69 Å². The molecule has 0 saturated heterocycles. The third kappa shape index (κ3) is 3.65. The number of halogens is 1. The molecule has 16 heavy (non-hydrogen) atoms. The third-order valence-corrected chi connectivity index (χ3v) is 2.59. The Morgan fingerprint density at radius 2 is 2.12 bits per heavy atom. The van der Waals surface area contributed by atoms with Crippen molar-refractivity contribution in [2.75, 3.05) is 5.32 Å². The van der Waals surface area contributed by atoms with Crippen molar-refractivity contribution in [2.24, 2.45) is 0 Å². The predicted octanol–water partition coefficient (Wildman–Crippen LogP) is 3.52. The monoisotopic (exact) mass is 223 g/mol. The summed E-state index contributed by atoms with van der Waals surface area (Å²) in [4.78, 5) is 10.3. The van der Waals surface area contributed by atoms with E-state index in [4.69, 9.17) is 0 Å². The second-order valence-corrected chi connectivity index (χ2v) is 3.85. The van der Waals surface area contributed by atoms with Gasteiger partial charge in [-0.15, -0.1) is 0 Å². The molecule has 1 amide bonds. The first-order valence-electron chi connectivity index (χ1n) is 5.77. The van der Waals surface area contributed by atoms with E-state index in [9.17, 15) is 9.18 Å². The Bertz CT molecular complexity index is 339. The van der Waals surface area contributed by atoms with Gasteiger partial charge in [-0.3, -0.25) is 4.79 Å². The number of rotatable bonds is 7. The Labute approximate surface area is 95.9 Å². The molecule has 0 heterocycles. The number of unbranched alkanes of at least 4 members (excludes halogenated alkanes) is 3. The van der Waals surface area contributed by atoms with E-state index in [0.29, 0.717) is 12.0 Å². The fourth-order valence-electron chi connectivity index (χ4n) is 1.69. The molecule has 1 rings (SSSR count). The first kappa shape index (κ1) is 12.7. The molecule has 88 valence electrons. The molecule has 2 nitrogen and oxygen atoms in total. The molecule has 0 bridgehead atoms. The summed E-state index contributed by atoms with van der Waals surface area (Å²) in [7, 11) is 0. The first-order chi connectivity index (χ1) is 7.79. The van der Waals surface area contributed by atoms with Gasteiger partial charge in [-0.05, 0) is 24.5 Å². The Kier molecular flexibility index (Phi) is 5.54. The molecule has 3 heteroatoms. The molecule has 0 unspecified atom stereocenters. The topological polar surface area (TPSA) is 29.1 Å². The van der Waals surface area contributed by atoms with Crippen LogP contribution in [0.25, 0.3) is 0 Å². The number of hydrogen-bond acceptors (Lipinski definition) is 1. The van der Waals surface area contributed by atoms with Crippen LogP contribution in [0.15, 0.2) is 18.2 Å². The fourth-order valence-corrected chi connectivity index (χ4v) is 1.69. The Balaban J connectivity index is 2.58. The minimum atomic E-state index is -0.300. The molecule has 0 aliphatic rings. The molecular weight excluding hydrogens is 205 g/mol. The van der Waals surface area contributed by atoms with Crippen molar-refractivity contribution in [2.45, 2.75) is 39.0 Å². The van der Waals surface area contributed by atoms with Crippen LogP contribution < -0.4 is 5.32 Å². The van der Waals surface area contributed by atoms with E-state index in [0.717, 1.165) is 19.3 Å². The smallest absolute Gasteiger partial charge is 0.211 e. The van der Waals surface area contributed by atoms with Gasteiger partial charge in [0.15, 0.2) is 0 Å². The van der Waals surface area contributed by atoms with E-state index in [-0.39, 0.29) is 11.5 Å². The lowest BCUT2D eigenvalue weighted by Crippen LogP contribution is -2.00. The van der Waals surface area contributed by atoms with Crippen molar-refractivity contribution in [3.8, 4) is 0 Å². The van der Waals surface area contributed by atoms with E-state index in [1.54, 1.807) is 18.2 Å². The van der Waals surface area contributed by atoms with Crippen molar-refractivity contribution in [3.63, 3.8) is 0 Å². The molecule has 0 atom stereocenters. The lowest BCUT2D eigenvalue weighted by Gasteiger charge is -2.06. The minimum Gasteiger partial charge on any atom is -0.326 e. The number of nitrogens with one attached hydrogen (secondary N) is 1. The molecule has 0 radical (unpaired) electrons. The molecule has 1 aromatic carbocycles. The van der Waals surface area contributed by atoms with Gasteiger partial charge in [0.1, 0.15) is 5.82 Å². The van der Waals surface area contributed by atoms with E-state index < -0.39 is 0 Å². The summed E-state index contributed by atoms with van der Waals surface area (Å²) in [5, 5.41) is 2.36. The average molecular weight is 223 g/mol. The molecule has 1 aromatic rings. The molecule has 0 fully saturated rings. The molecular formula is C13H18FNO. The maximum atomic E-state index is 13.7. The van der Waals surface area contributed by atoms with Gasteiger partial charge >= 0.3 is 0 Å². The maximum Gasteiger partial charge on any atom is 0.211 e. The van der Waals surface area contributed by atoms with Gasteiger partial charge < -0.3 is 5.32 Å². The number of benzene rings is 1. The Morgan fingerprint density at radius 3 is 2.81 bits per heavy atom. The van der Waals surface area contributed by atoms with Crippen LogP contribution in [0.5, 0.6) is 0 Å². The standard InChI is InChI=1S/C13H18FNO/c1-2-3-4-5-7-11-8-6-9-12(13(11)14)15-10-16/h6,8-10H,2-5,7H2,1H3,(H,15,16). The lowest BCUT2D eigenvalue weighted by molar-refractivity contribution is -0.105. The largest absolute Gasteiger partial charge is 0.326 e. The average Bonchev–Trinajstić information content (AvgIpc) is 2.29. The Hall–Kier alpha value is -1.38. The number of carbonyl (C=O) groups is 1. The van der Waals surface area contributed by atoms with Gasteiger partial charge in [-0.2, -0.15) is 0 Å². The van der Waals surface area contributed by atoms with Crippen LogP contribution >= 0.6 is 0 Å². The van der Waals surface area contributed by atoms with Gasteiger partial charge in [0.25, 0.3) is 0 Å². The molecule has 0 spiro atoms. The highest BCUT2D eigenvalue weighted by atomic mass is 19.1. The number of anilines is 1. The number of aryl methyl sites for hydroxylation is 1. The summed E-state index contributed by atoms with van der Waals surface area (Å²) in [5.74, 6) is -0.300. The van der Waals surface area contributed by atoms with Crippen molar-refractivity contribution < 1.29 is 9.18 Å². The molecule has 0 aliphatic heterocycles. The van der Waals surface area contributed by atoms with Crippen LogP contribution in [0.3, 0.4) is 0 Å². The second kappa shape index (κ2) is 6.99. The number of carbonyl (C=O) groups excluding carboxylic acids is 1. The zero-order chi connectivity index (χ0) is 11.8. The highest BCUT2D eigenvalue weighted by Gasteiger charge is 2.06. The summed E-state index contributed by atoms with van der Waals surface area (Å²) >= 11 is 0. The highest BCUT2D eigenvalue weighted by Crippen LogP contribution is 2.19. The second-order valence-electron chi connectivity index (χ2n) is 3.85. The SMILES string of the molecule is CCCCCCc1cccc(NC=O)c1F. The summed E-state index contributed by atoms with van der Waals surface area (Å²) in [5.41, 5.74) is 0.950. The van der Waals surface area contributed by atoms with Crippen molar-refractivity contribution in [1.29, 1.82) is 0 Å². The fraction of sp³-hybridized carbons (Fsp3) is 0.462. The predicted molar refractivity (Wildman–Crippen MR) is 63.9 cm³/mol. The summed E-state index contributed by atoms with van der Waals surface area (Å²) in [6.07, 6.45) is 5.72. The zero-order valence-electron chi connectivity index (χ0n) is 9.63. The molecule has 0 saturated carbocycles. The van der Waals surface area contributed by atoms with E-state index in [2.05, 4.69) is 12.2 Å². The molecule has 0 aromatic heterocycles. The van der Waals surface area contributed by atoms with Gasteiger partial charge in [0.2, 0.25) is 6.41 Å². The van der Waals surface area contributed by atoms with Crippen LogP contribution in [0, 0.1) is 5.82 Å². The molecule has 1 N–H and O–H groups in total. The number of hydrogen-bond donors (Lipinski definition) is 1. The van der Waals surface area contributed by atoms with Gasteiger partial charge in [-0.1, -0.05) is 38.3 Å². The quantitative estimate of drug-likeness (QED) is 0.556. The summed E-state index contributed by atoms with van der Waals surface area (Å²) < 4.78 is 13.7. The Morgan fingerprint density at radius 1 is 1.31 bits per heavy atom. The molecule has 0 aliphatic carbocycles. The van der Waals surface area contributed by atoms with E-state index >= 15 is 0 Å². The third-order valence-electron chi connectivity index (χ3n) is 2.59.